The molecule has 1 aliphatic carbocycles. The average Bonchev–Trinajstić information content (AvgIpc) is 3.03. The molecule has 0 radical (unpaired) electrons. The van der Waals surface area contributed by atoms with Crippen molar-refractivity contribution in [1.82, 2.24) is 9.80 Å². The largest absolute Gasteiger partial charge is 0.329 e. The molecule has 3 nitrogen and oxygen atoms in total. The van der Waals surface area contributed by atoms with Gasteiger partial charge >= 0.3 is 0 Å². The van der Waals surface area contributed by atoms with Crippen LogP contribution in [0, 0.1) is 11.8 Å². The van der Waals surface area contributed by atoms with Gasteiger partial charge in [0.25, 0.3) is 0 Å². The summed E-state index contributed by atoms with van der Waals surface area (Å²) in [5, 5.41) is 0. The molecular weight excluding hydrogens is 234 g/mol. The van der Waals surface area contributed by atoms with Crippen molar-refractivity contribution < 1.29 is 0 Å². The summed E-state index contributed by atoms with van der Waals surface area (Å²) in [5.41, 5.74) is 6.66. The van der Waals surface area contributed by atoms with Crippen molar-refractivity contribution in [1.29, 1.82) is 0 Å². The fourth-order valence-corrected chi connectivity index (χ4v) is 5.72. The van der Waals surface area contributed by atoms with Crippen LogP contribution in [0.4, 0.5) is 0 Å². The van der Waals surface area contributed by atoms with E-state index in [9.17, 15) is 0 Å². The van der Waals surface area contributed by atoms with Crippen LogP contribution in [0.1, 0.15) is 44.9 Å². The van der Waals surface area contributed by atoms with Crippen LogP contribution in [-0.4, -0.2) is 54.1 Å². The molecule has 3 saturated heterocycles. The quantitative estimate of drug-likeness (QED) is 0.822. The smallest absolute Gasteiger partial charge is 0.0361 e. The van der Waals surface area contributed by atoms with Gasteiger partial charge in [-0.3, -0.25) is 4.90 Å². The highest BCUT2D eigenvalue weighted by Crippen LogP contribution is 2.47. The molecule has 0 aromatic carbocycles. The summed E-state index contributed by atoms with van der Waals surface area (Å²) in [6.07, 6.45) is 9.91. The zero-order chi connectivity index (χ0) is 13.0. The molecule has 4 atom stereocenters. The summed E-state index contributed by atoms with van der Waals surface area (Å²) in [4.78, 5) is 5.48. The summed E-state index contributed by atoms with van der Waals surface area (Å²) in [6.45, 7) is 3.59. The third-order valence-corrected chi connectivity index (χ3v) is 6.99. The molecule has 1 saturated carbocycles. The van der Waals surface area contributed by atoms with Gasteiger partial charge in [-0.2, -0.15) is 0 Å². The highest BCUT2D eigenvalue weighted by atomic mass is 15.3. The molecule has 0 aromatic heterocycles. The van der Waals surface area contributed by atoms with Crippen molar-refractivity contribution in [2.45, 2.75) is 62.6 Å². The van der Waals surface area contributed by atoms with Gasteiger partial charge in [0, 0.05) is 37.3 Å². The van der Waals surface area contributed by atoms with E-state index in [1.165, 1.54) is 58.0 Å². The zero-order valence-electron chi connectivity index (χ0n) is 12.4. The minimum atomic E-state index is 0.350. The Hall–Kier alpha value is -0.120. The lowest BCUT2D eigenvalue weighted by Crippen LogP contribution is -2.61. The number of fused-ring (bicyclic) bond motifs is 3. The van der Waals surface area contributed by atoms with Crippen LogP contribution in [0.5, 0.6) is 0 Å². The first kappa shape index (κ1) is 12.6. The van der Waals surface area contributed by atoms with Gasteiger partial charge in [0.05, 0.1) is 0 Å². The summed E-state index contributed by atoms with van der Waals surface area (Å²) in [7, 11) is 2.33. The summed E-state index contributed by atoms with van der Waals surface area (Å²) in [6, 6.07) is 1.62. The van der Waals surface area contributed by atoms with Gasteiger partial charge in [-0.05, 0) is 57.4 Å². The van der Waals surface area contributed by atoms with Crippen LogP contribution in [0.2, 0.25) is 0 Å². The maximum Gasteiger partial charge on any atom is 0.0361 e. The summed E-state index contributed by atoms with van der Waals surface area (Å²) < 4.78 is 0. The molecule has 3 aliphatic heterocycles. The Morgan fingerprint density at radius 1 is 1.00 bits per heavy atom. The van der Waals surface area contributed by atoms with E-state index >= 15 is 0 Å². The lowest BCUT2D eigenvalue weighted by Gasteiger charge is -2.50. The van der Waals surface area contributed by atoms with Crippen LogP contribution in [0.15, 0.2) is 0 Å². The second-order valence-electron chi connectivity index (χ2n) is 7.74. The maximum atomic E-state index is 6.31. The van der Waals surface area contributed by atoms with Crippen molar-refractivity contribution >= 4 is 0 Å². The average molecular weight is 263 g/mol. The van der Waals surface area contributed by atoms with Crippen molar-refractivity contribution in [3.8, 4) is 0 Å². The SMILES string of the molecule is CN1C2CCC1CC(CN)(N1CC3CCCC3C1)C2. The van der Waals surface area contributed by atoms with Gasteiger partial charge < -0.3 is 10.6 Å². The third-order valence-electron chi connectivity index (χ3n) is 6.99. The van der Waals surface area contributed by atoms with E-state index in [2.05, 4.69) is 16.8 Å². The van der Waals surface area contributed by atoms with Crippen molar-refractivity contribution in [2.75, 3.05) is 26.7 Å². The van der Waals surface area contributed by atoms with Crippen molar-refractivity contribution in [3.05, 3.63) is 0 Å². The second kappa shape index (κ2) is 4.44. The number of nitrogens with zero attached hydrogens (tertiary/aromatic N) is 2. The molecule has 3 heterocycles. The topological polar surface area (TPSA) is 32.5 Å². The van der Waals surface area contributed by atoms with Gasteiger partial charge in [0.15, 0.2) is 0 Å². The number of nitrogens with two attached hydrogens (primary N) is 1. The van der Waals surface area contributed by atoms with Gasteiger partial charge in [0.2, 0.25) is 0 Å². The molecule has 0 amide bonds. The molecule has 0 spiro atoms. The van der Waals surface area contributed by atoms with Crippen LogP contribution in [0.25, 0.3) is 0 Å². The second-order valence-corrected chi connectivity index (χ2v) is 7.74. The zero-order valence-corrected chi connectivity index (χ0v) is 12.4. The Balaban J connectivity index is 1.55. The summed E-state index contributed by atoms with van der Waals surface area (Å²) in [5.74, 6) is 2.00. The van der Waals surface area contributed by atoms with E-state index in [0.717, 1.165) is 30.5 Å². The van der Waals surface area contributed by atoms with Crippen LogP contribution in [0.3, 0.4) is 0 Å². The molecule has 19 heavy (non-hydrogen) atoms. The maximum absolute atomic E-state index is 6.31. The van der Waals surface area contributed by atoms with Gasteiger partial charge in [-0.1, -0.05) is 6.42 Å². The van der Waals surface area contributed by atoms with E-state index in [-0.39, 0.29) is 0 Å². The Kier molecular flexibility index (Phi) is 2.95. The standard InChI is InChI=1S/C16H29N3/c1-18-14-5-6-15(18)8-16(7-14,11-17)19-9-12-3-2-4-13(12)10-19/h12-15H,2-11,17H2,1H3. The molecule has 4 rings (SSSR count). The highest BCUT2D eigenvalue weighted by Gasteiger charge is 2.52. The monoisotopic (exact) mass is 263 g/mol. The molecular formula is C16H29N3. The van der Waals surface area contributed by atoms with Gasteiger partial charge in [-0.15, -0.1) is 0 Å². The Labute approximate surface area is 117 Å². The molecule has 2 N–H and O–H groups in total. The van der Waals surface area contributed by atoms with Crippen molar-refractivity contribution in [2.24, 2.45) is 17.6 Å². The lowest BCUT2D eigenvalue weighted by molar-refractivity contribution is 0.0102. The first-order valence-corrected chi connectivity index (χ1v) is 8.39. The van der Waals surface area contributed by atoms with E-state index in [1.807, 2.05) is 0 Å². The van der Waals surface area contributed by atoms with Gasteiger partial charge in [-0.25, -0.2) is 0 Å². The number of likely N-dealkylation sites (tertiary alicyclic amines) is 1. The third kappa shape index (κ3) is 1.81. The fraction of sp³-hybridized carbons (Fsp3) is 1.00. The van der Waals surface area contributed by atoms with Gasteiger partial charge in [0.1, 0.15) is 0 Å². The minimum absolute atomic E-state index is 0.350. The Morgan fingerprint density at radius 3 is 2.11 bits per heavy atom. The Morgan fingerprint density at radius 2 is 1.58 bits per heavy atom. The molecule has 4 aliphatic rings. The minimum Gasteiger partial charge on any atom is -0.329 e. The number of piperidine rings is 1. The predicted molar refractivity (Wildman–Crippen MR) is 78.0 cm³/mol. The Bertz CT molecular complexity index is 330. The fourth-order valence-electron chi connectivity index (χ4n) is 5.72. The molecule has 3 heteroatoms. The first-order chi connectivity index (χ1) is 9.22. The first-order valence-electron chi connectivity index (χ1n) is 8.39. The lowest BCUT2D eigenvalue weighted by atomic mass is 9.81. The van der Waals surface area contributed by atoms with E-state index < -0.39 is 0 Å². The number of hydrogen-bond donors (Lipinski definition) is 1. The van der Waals surface area contributed by atoms with Crippen LogP contribution >= 0.6 is 0 Å². The van der Waals surface area contributed by atoms with Crippen molar-refractivity contribution in [3.63, 3.8) is 0 Å². The number of hydrogen-bond acceptors (Lipinski definition) is 3. The van der Waals surface area contributed by atoms with E-state index in [1.54, 1.807) is 0 Å². The normalized spacial score (nSPS) is 50.8. The summed E-state index contributed by atoms with van der Waals surface area (Å²) >= 11 is 0. The number of rotatable bonds is 2. The van der Waals surface area contributed by atoms with Crippen LogP contribution < -0.4 is 5.73 Å². The van der Waals surface area contributed by atoms with E-state index in [4.69, 9.17) is 5.73 Å². The molecule has 4 fully saturated rings. The predicted octanol–water partition coefficient (Wildman–Crippen LogP) is 1.67. The molecule has 4 unspecified atom stereocenters. The highest BCUT2D eigenvalue weighted by molar-refractivity contribution is 5.09. The van der Waals surface area contributed by atoms with Crippen LogP contribution in [-0.2, 0) is 0 Å². The van der Waals surface area contributed by atoms with E-state index in [0.29, 0.717) is 5.54 Å². The molecule has 0 aromatic rings. The molecule has 2 bridgehead atoms. The molecule has 108 valence electrons.